The molecule has 1 aromatic heterocycles. The molecule has 0 saturated heterocycles. The van der Waals surface area contributed by atoms with E-state index in [1.54, 1.807) is 0 Å². The first-order valence-electron chi connectivity index (χ1n) is 7.91. The van der Waals surface area contributed by atoms with Crippen LogP contribution in [0.3, 0.4) is 0 Å². The first-order valence-corrected chi connectivity index (χ1v) is 8.29. The minimum absolute atomic E-state index is 0.455. The average Bonchev–Trinajstić information content (AvgIpc) is 2.52. The molecule has 3 aromatic rings. The number of nitrogens with zero attached hydrogens (tertiary/aromatic N) is 2. The van der Waals surface area contributed by atoms with Gasteiger partial charge in [-0.25, -0.2) is 9.97 Å². The van der Waals surface area contributed by atoms with Crippen molar-refractivity contribution in [2.24, 2.45) is 0 Å². The van der Waals surface area contributed by atoms with Gasteiger partial charge in [-0.1, -0.05) is 17.7 Å². The first-order chi connectivity index (χ1) is 11.9. The highest BCUT2D eigenvalue weighted by Crippen LogP contribution is 2.30. The SMILES string of the molecule is Cc1cc(C)cc(Nc2ncnc(Nc3ccc(Cl)cc3C)c2N)c1. The predicted molar refractivity (Wildman–Crippen MR) is 105 cm³/mol. The zero-order chi connectivity index (χ0) is 18.0. The van der Waals surface area contributed by atoms with Crippen molar-refractivity contribution in [2.45, 2.75) is 20.8 Å². The van der Waals surface area contributed by atoms with E-state index in [1.807, 2.05) is 37.3 Å². The fourth-order valence-corrected chi connectivity index (χ4v) is 2.90. The van der Waals surface area contributed by atoms with E-state index in [0.717, 1.165) is 16.9 Å². The molecule has 1 heterocycles. The van der Waals surface area contributed by atoms with Gasteiger partial charge in [-0.15, -0.1) is 0 Å². The number of aromatic nitrogens is 2. The highest BCUT2D eigenvalue weighted by molar-refractivity contribution is 6.30. The minimum atomic E-state index is 0.455. The number of hydrogen-bond donors (Lipinski definition) is 3. The van der Waals surface area contributed by atoms with Gasteiger partial charge in [0.1, 0.15) is 12.0 Å². The van der Waals surface area contributed by atoms with Crippen LogP contribution >= 0.6 is 11.6 Å². The summed E-state index contributed by atoms with van der Waals surface area (Å²) in [7, 11) is 0. The lowest BCUT2D eigenvalue weighted by atomic mass is 10.1. The number of rotatable bonds is 4. The Hall–Kier alpha value is -2.79. The van der Waals surface area contributed by atoms with Crippen LogP contribution in [0.25, 0.3) is 0 Å². The Morgan fingerprint density at radius 2 is 1.52 bits per heavy atom. The molecule has 0 aliphatic carbocycles. The van der Waals surface area contributed by atoms with Gasteiger partial charge in [0.05, 0.1) is 0 Å². The first kappa shape index (κ1) is 17.0. The Bertz CT molecular complexity index is 903. The summed E-state index contributed by atoms with van der Waals surface area (Å²) in [5, 5.41) is 7.20. The third-order valence-corrected chi connectivity index (χ3v) is 4.04. The largest absolute Gasteiger partial charge is 0.393 e. The summed E-state index contributed by atoms with van der Waals surface area (Å²) in [5.74, 6) is 1.11. The molecule has 0 aliphatic rings. The maximum Gasteiger partial charge on any atom is 0.159 e. The van der Waals surface area contributed by atoms with Gasteiger partial charge in [0.2, 0.25) is 0 Å². The Morgan fingerprint density at radius 3 is 2.16 bits per heavy atom. The zero-order valence-corrected chi connectivity index (χ0v) is 15.1. The maximum atomic E-state index is 6.26. The summed E-state index contributed by atoms with van der Waals surface area (Å²) in [5.41, 5.74) is 11.9. The Morgan fingerprint density at radius 1 is 0.880 bits per heavy atom. The minimum Gasteiger partial charge on any atom is -0.393 e. The molecule has 0 unspecified atom stereocenters. The molecule has 0 aliphatic heterocycles. The van der Waals surface area contributed by atoms with E-state index in [2.05, 4.69) is 40.5 Å². The number of anilines is 5. The van der Waals surface area contributed by atoms with Crippen molar-refractivity contribution in [2.75, 3.05) is 16.4 Å². The van der Waals surface area contributed by atoms with Crippen molar-refractivity contribution in [1.82, 2.24) is 9.97 Å². The number of halogens is 1. The molecule has 0 saturated carbocycles. The van der Waals surface area contributed by atoms with Gasteiger partial charge >= 0.3 is 0 Å². The summed E-state index contributed by atoms with van der Waals surface area (Å²) in [4.78, 5) is 8.52. The van der Waals surface area contributed by atoms with Crippen molar-refractivity contribution < 1.29 is 0 Å². The van der Waals surface area contributed by atoms with E-state index in [1.165, 1.54) is 17.5 Å². The highest BCUT2D eigenvalue weighted by Gasteiger charge is 2.10. The molecule has 0 amide bonds. The summed E-state index contributed by atoms with van der Waals surface area (Å²) in [6.45, 7) is 6.08. The Labute approximate surface area is 152 Å². The third-order valence-electron chi connectivity index (χ3n) is 3.81. The normalized spacial score (nSPS) is 10.6. The second kappa shape index (κ2) is 6.99. The lowest BCUT2D eigenvalue weighted by molar-refractivity contribution is 1.17. The molecule has 25 heavy (non-hydrogen) atoms. The summed E-state index contributed by atoms with van der Waals surface area (Å²) >= 11 is 6.00. The number of hydrogen-bond acceptors (Lipinski definition) is 5. The van der Waals surface area contributed by atoms with Gasteiger partial charge in [0, 0.05) is 16.4 Å². The van der Waals surface area contributed by atoms with Crippen LogP contribution in [0.1, 0.15) is 16.7 Å². The molecule has 2 aromatic carbocycles. The molecule has 0 fully saturated rings. The van der Waals surface area contributed by atoms with Crippen molar-refractivity contribution in [3.63, 3.8) is 0 Å². The van der Waals surface area contributed by atoms with E-state index >= 15 is 0 Å². The smallest absolute Gasteiger partial charge is 0.159 e. The van der Waals surface area contributed by atoms with E-state index in [4.69, 9.17) is 17.3 Å². The molecule has 0 spiro atoms. The summed E-state index contributed by atoms with van der Waals surface area (Å²) in [6, 6.07) is 11.8. The highest BCUT2D eigenvalue weighted by atomic mass is 35.5. The second-order valence-electron chi connectivity index (χ2n) is 6.07. The van der Waals surface area contributed by atoms with Crippen LogP contribution in [0.5, 0.6) is 0 Å². The maximum absolute atomic E-state index is 6.26. The standard InChI is InChI=1S/C19H20ClN5/c1-11-6-12(2)8-15(7-11)24-18-17(21)19(23-10-22-18)25-16-5-4-14(20)9-13(16)3/h4-10H,21H2,1-3H3,(H2,22,23,24,25). The van der Waals surface area contributed by atoms with Crippen LogP contribution in [0.2, 0.25) is 5.02 Å². The van der Waals surface area contributed by atoms with Gasteiger partial charge < -0.3 is 16.4 Å². The van der Waals surface area contributed by atoms with Crippen LogP contribution in [0, 0.1) is 20.8 Å². The van der Waals surface area contributed by atoms with E-state index in [9.17, 15) is 0 Å². The van der Waals surface area contributed by atoms with Gasteiger partial charge in [-0.3, -0.25) is 0 Å². The van der Waals surface area contributed by atoms with Crippen molar-refractivity contribution in [1.29, 1.82) is 0 Å². The lowest BCUT2D eigenvalue weighted by Gasteiger charge is -2.14. The number of nitrogens with two attached hydrogens (primary N) is 1. The fraction of sp³-hybridized carbons (Fsp3) is 0.158. The zero-order valence-electron chi connectivity index (χ0n) is 14.4. The molecular formula is C19H20ClN5. The molecule has 0 bridgehead atoms. The number of nitrogens with one attached hydrogen (secondary N) is 2. The van der Waals surface area contributed by atoms with Crippen LogP contribution in [0.15, 0.2) is 42.7 Å². The Balaban J connectivity index is 1.89. The van der Waals surface area contributed by atoms with Gasteiger partial charge in [0.25, 0.3) is 0 Å². The Kier molecular flexibility index (Phi) is 4.76. The molecule has 5 nitrogen and oxygen atoms in total. The second-order valence-corrected chi connectivity index (χ2v) is 6.51. The van der Waals surface area contributed by atoms with Crippen LogP contribution < -0.4 is 16.4 Å². The van der Waals surface area contributed by atoms with Crippen molar-refractivity contribution in [3.05, 3.63) is 64.4 Å². The van der Waals surface area contributed by atoms with Crippen molar-refractivity contribution in [3.8, 4) is 0 Å². The van der Waals surface area contributed by atoms with Crippen molar-refractivity contribution >= 4 is 40.3 Å². The van der Waals surface area contributed by atoms with Gasteiger partial charge in [-0.2, -0.15) is 0 Å². The molecule has 4 N–H and O–H groups in total. The molecule has 3 rings (SSSR count). The van der Waals surface area contributed by atoms with E-state index in [0.29, 0.717) is 22.3 Å². The third kappa shape index (κ3) is 4.00. The number of benzene rings is 2. The molecular weight excluding hydrogens is 334 g/mol. The number of aryl methyl sites for hydroxylation is 3. The fourth-order valence-electron chi connectivity index (χ4n) is 2.67. The molecule has 0 radical (unpaired) electrons. The van der Waals surface area contributed by atoms with Gasteiger partial charge in [-0.05, 0) is 67.8 Å². The van der Waals surface area contributed by atoms with Gasteiger partial charge in [0.15, 0.2) is 11.6 Å². The monoisotopic (exact) mass is 353 g/mol. The summed E-state index contributed by atoms with van der Waals surface area (Å²) in [6.07, 6.45) is 1.48. The summed E-state index contributed by atoms with van der Waals surface area (Å²) < 4.78 is 0. The van der Waals surface area contributed by atoms with Crippen LogP contribution in [-0.2, 0) is 0 Å². The quantitative estimate of drug-likeness (QED) is 0.606. The van der Waals surface area contributed by atoms with Crippen LogP contribution in [0.4, 0.5) is 28.7 Å². The average molecular weight is 354 g/mol. The number of nitrogen functional groups attached to an aromatic ring is 1. The molecule has 6 heteroatoms. The van der Waals surface area contributed by atoms with Crippen LogP contribution in [-0.4, -0.2) is 9.97 Å². The molecule has 128 valence electrons. The predicted octanol–water partition coefficient (Wildman–Crippen LogP) is 5.12. The topological polar surface area (TPSA) is 75.9 Å². The molecule has 0 atom stereocenters. The van der Waals surface area contributed by atoms with E-state index in [-0.39, 0.29) is 0 Å². The lowest BCUT2D eigenvalue weighted by Crippen LogP contribution is -2.06. The van der Waals surface area contributed by atoms with E-state index < -0.39 is 0 Å².